The van der Waals surface area contributed by atoms with Gasteiger partial charge in [0.05, 0.1) is 5.56 Å². The van der Waals surface area contributed by atoms with Gasteiger partial charge in [0.1, 0.15) is 0 Å². The molecule has 3 rings (SSSR count). The molecule has 2 N–H and O–H groups in total. The topological polar surface area (TPSA) is 112 Å². The number of hydrogen-bond acceptors (Lipinski definition) is 5. The van der Waals surface area contributed by atoms with Crippen molar-refractivity contribution in [3.63, 3.8) is 0 Å². The Bertz CT molecular complexity index is 993. The third-order valence-corrected chi connectivity index (χ3v) is 5.29. The molecule has 0 aliphatic carbocycles. The fraction of sp³-hybridized carbons (Fsp3) is 0.417. The first-order valence-corrected chi connectivity index (χ1v) is 11.9. The van der Waals surface area contributed by atoms with Gasteiger partial charge in [0, 0.05) is 48.4 Å². The van der Waals surface area contributed by atoms with Crippen LogP contribution in [0.3, 0.4) is 0 Å². The van der Waals surface area contributed by atoms with Crippen LogP contribution in [-0.4, -0.2) is 44.1 Å². The zero-order chi connectivity index (χ0) is 25.5. The Labute approximate surface area is 210 Å². The third-order valence-electron chi connectivity index (χ3n) is 4.70. The van der Waals surface area contributed by atoms with Crippen LogP contribution in [0.5, 0.6) is 0 Å². The average Bonchev–Trinajstić information content (AvgIpc) is 3.53. The molecule has 8 nitrogen and oxygen atoms in total. The van der Waals surface area contributed by atoms with Crippen LogP contribution in [0.1, 0.15) is 51.9 Å². The largest absolute Gasteiger partial charge is 0.481 e. The summed E-state index contributed by atoms with van der Waals surface area (Å²) in [6.45, 7) is 8.64. The molecule has 1 atom stereocenters. The van der Waals surface area contributed by atoms with E-state index in [1.807, 2.05) is 46.2 Å². The predicted octanol–water partition coefficient (Wildman–Crippen LogP) is 6.11. The Morgan fingerprint density at radius 2 is 2.00 bits per heavy atom. The molecule has 1 unspecified atom stereocenters. The molecule has 0 saturated heterocycles. The molecule has 0 aliphatic rings. The number of aromatic amines is 1. The summed E-state index contributed by atoms with van der Waals surface area (Å²) in [5.74, 6) is 0.398. The summed E-state index contributed by atoms with van der Waals surface area (Å²) >= 11 is 11.9. The number of aromatic nitrogens is 3. The fourth-order valence-electron chi connectivity index (χ4n) is 2.90. The summed E-state index contributed by atoms with van der Waals surface area (Å²) in [6.07, 6.45) is 5.92. The molecular weight excluding hydrogens is 479 g/mol. The summed E-state index contributed by atoms with van der Waals surface area (Å²) in [4.78, 5) is 30.5. The van der Waals surface area contributed by atoms with Crippen LogP contribution in [0.2, 0.25) is 10.0 Å². The summed E-state index contributed by atoms with van der Waals surface area (Å²) in [5, 5.41) is 13.6. The first kappa shape index (κ1) is 29.2. The molecule has 0 fully saturated rings. The van der Waals surface area contributed by atoms with E-state index in [-0.39, 0.29) is 12.3 Å². The maximum Gasteiger partial charge on any atom is 0.303 e. The first-order valence-electron chi connectivity index (χ1n) is 11.2. The molecule has 34 heavy (non-hydrogen) atoms. The van der Waals surface area contributed by atoms with Crippen LogP contribution in [0, 0.1) is 5.92 Å². The lowest BCUT2D eigenvalue weighted by atomic mass is 10.0. The Kier molecular flexibility index (Phi) is 13.7. The lowest BCUT2D eigenvalue weighted by Gasteiger charge is -2.23. The quantitative estimate of drug-likeness (QED) is 0.318. The lowest BCUT2D eigenvalue weighted by Crippen LogP contribution is -2.29. The molecule has 0 spiro atoms. The van der Waals surface area contributed by atoms with E-state index < -0.39 is 5.97 Å². The number of carboxylic acids is 1. The highest BCUT2D eigenvalue weighted by Crippen LogP contribution is 2.23. The molecule has 2 heterocycles. The second kappa shape index (κ2) is 15.9. The zero-order valence-electron chi connectivity index (χ0n) is 19.9. The Balaban J connectivity index is 0.000000349. The second-order valence-electron chi connectivity index (χ2n) is 7.11. The van der Waals surface area contributed by atoms with Gasteiger partial charge >= 0.3 is 5.97 Å². The number of hydrogen-bond donors (Lipinski definition) is 2. The van der Waals surface area contributed by atoms with Gasteiger partial charge in [-0.2, -0.15) is 4.98 Å². The number of H-pyrrole nitrogens is 1. The van der Waals surface area contributed by atoms with Crippen molar-refractivity contribution in [2.75, 3.05) is 6.54 Å². The number of aryl methyl sites for hydroxylation is 1. The van der Waals surface area contributed by atoms with Gasteiger partial charge in [-0.1, -0.05) is 68.5 Å². The molecule has 2 aromatic heterocycles. The van der Waals surface area contributed by atoms with E-state index >= 15 is 0 Å². The molecule has 10 heteroatoms. The molecule has 186 valence electrons. The van der Waals surface area contributed by atoms with Gasteiger partial charge < -0.3 is 19.5 Å². The number of carboxylic acid groups (broad SMARTS) is 1. The van der Waals surface area contributed by atoms with Crippen LogP contribution in [0.25, 0.3) is 11.5 Å². The first-order chi connectivity index (χ1) is 16.4. The van der Waals surface area contributed by atoms with E-state index in [0.29, 0.717) is 35.4 Å². The van der Waals surface area contributed by atoms with E-state index in [0.717, 1.165) is 29.8 Å². The van der Waals surface area contributed by atoms with Gasteiger partial charge in [0.15, 0.2) is 5.82 Å². The highest BCUT2D eigenvalue weighted by molar-refractivity contribution is 6.35. The van der Waals surface area contributed by atoms with Crippen molar-refractivity contribution in [1.29, 1.82) is 0 Å². The Morgan fingerprint density at radius 3 is 2.50 bits per heavy atom. The van der Waals surface area contributed by atoms with Crippen molar-refractivity contribution >= 4 is 35.6 Å². The number of rotatable bonds is 10. The lowest BCUT2D eigenvalue weighted by molar-refractivity contribution is -0.138. The average molecular weight is 511 g/mol. The Hall–Kier alpha value is -2.84. The number of benzene rings is 1. The maximum atomic E-state index is 11.1. The van der Waals surface area contributed by atoms with Gasteiger partial charge in [0.2, 0.25) is 6.41 Å². The Morgan fingerprint density at radius 1 is 1.26 bits per heavy atom. The summed E-state index contributed by atoms with van der Waals surface area (Å²) in [5.41, 5.74) is 1.72. The minimum atomic E-state index is -0.854. The number of aliphatic carboxylic acids is 1. The summed E-state index contributed by atoms with van der Waals surface area (Å²) in [6, 6.07) is 6.99. The molecule has 3 aromatic rings. The molecule has 0 aliphatic heterocycles. The van der Waals surface area contributed by atoms with Crippen LogP contribution in [0.4, 0.5) is 0 Å². The molecule has 0 radical (unpaired) electrons. The molecule has 1 amide bonds. The van der Waals surface area contributed by atoms with E-state index in [1.54, 1.807) is 18.2 Å². The summed E-state index contributed by atoms with van der Waals surface area (Å²) < 4.78 is 5.02. The number of halogens is 2. The van der Waals surface area contributed by atoms with Crippen molar-refractivity contribution < 1.29 is 19.2 Å². The highest BCUT2D eigenvalue weighted by atomic mass is 35.5. The van der Waals surface area contributed by atoms with Crippen molar-refractivity contribution in [2.45, 2.75) is 53.5 Å². The van der Waals surface area contributed by atoms with Crippen molar-refractivity contribution in [2.24, 2.45) is 5.92 Å². The fourth-order valence-corrected chi connectivity index (χ4v) is 3.37. The van der Waals surface area contributed by atoms with Crippen LogP contribution >= 0.6 is 23.2 Å². The number of carbonyl (C=O) groups is 2. The van der Waals surface area contributed by atoms with Crippen LogP contribution < -0.4 is 0 Å². The molecule has 1 aromatic carbocycles. The van der Waals surface area contributed by atoms with Gasteiger partial charge in [-0.3, -0.25) is 9.59 Å². The van der Waals surface area contributed by atoms with Gasteiger partial charge in [-0.25, -0.2) is 0 Å². The number of nitrogens with one attached hydrogen (secondary N) is 1. The minimum absolute atomic E-state index is 0.0508. The van der Waals surface area contributed by atoms with Crippen LogP contribution in [-0.2, 0) is 22.6 Å². The second-order valence-corrected chi connectivity index (χ2v) is 7.96. The van der Waals surface area contributed by atoms with Crippen molar-refractivity contribution in [1.82, 2.24) is 20.0 Å². The van der Waals surface area contributed by atoms with Crippen LogP contribution in [0.15, 0.2) is 41.2 Å². The molecule has 0 bridgehead atoms. The smallest absolute Gasteiger partial charge is 0.303 e. The zero-order valence-corrected chi connectivity index (χ0v) is 21.4. The normalized spacial score (nSPS) is 10.9. The van der Waals surface area contributed by atoms with E-state index in [4.69, 9.17) is 32.8 Å². The highest BCUT2D eigenvalue weighted by Gasteiger charge is 2.16. The SMILES string of the molecule is CC.CCC(CC(=O)O)CN(C=O)Cc1ccc(Cl)cc1Cl.CCc1noc(-c2cc[nH]c2)n1. The van der Waals surface area contributed by atoms with Gasteiger partial charge in [0.25, 0.3) is 5.89 Å². The molecule has 0 saturated carbocycles. The van der Waals surface area contributed by atoms with Crippen molar-refractivity contribution in [3.8, 4) is 11.5 Å². The van der Waals surface area contributed by atoms with Gasteiger partial charge in [-0.05, 0) is 29.7 Å². The third kappa shape index (κ3) is 9.97. The van der Waals surface area contributed by atoms with E-state index in [9.17, 15) is 9.59 Å². The predicted molar refractivity (Wildman–Crippen MR) is 134 cm³/mol. The standard InChI is InChI=1S/C14H17Cl2NO3.C8H9N3O.C2H6/c1-2-10(5-14(19)20)7-17(9-18)8-11-3-4-12(15)6-13(11)16;1-2-7-10-8(12-11-7)6-3-4-9-5-6;1-2/h3-4,6,9-10H,2,5,7-8H2,1H3,(H,19,20);3-5,9H,2H2,1H3;1-2H3. The van der Waals surface area contributed by atoms with Gasteiger partial charge in [-0.15, -0.1) is 0 Å². The maximum absolute atomic E-state index is 11.1. The number of nitrogens with zero attached hydrogens (tertiary/aromatic N) is 3. The summed E-state index contributed by atoms with van der Waals surface area (Å²) in [7, 11) is 0. The van der Waals surface area contributed by atoms with E-state index in [1.165, 1.54) is 4.90 Å². The minimum Gasteiger partial charge on any atom is -0.481 e. The number of carbonyl (C=O) groups excluding carboxylic acids is 1. The molecular formula is C24H32Cl2N4O4. The number of amides is 1. The monoisotopic (exact) mass is 510 g/mol. The van der Waals surface area contributed by atoms with Crippen molar-refractivity contribution in [3.05, 3.63) is 58.1 Å². The van der Waals surface area contributed by atoms with E-state index in [2.05, 4.69) is 15.1 Å².